The van der Waals surface area contributed by atoms with Gasteiger partial charge in [-0.15, -0.1) is 0 Å². The van der Waals surface area contributed by atoms with E-state index in [0.717, 1.165) is 45.6 Å². The van der Waals surface area contributed by atoms with Gasteiger partial charge in [0, 0.05) is 26.2 Å². The largest absolute Gasteiger partial charge is 0.383 e. The van der Waals surface area contributed by atoms with Crippen molar-refractivity contribution in [2.45, 2.75) is 39.2 Å². The Hall–Kier alpha value is -0.160. The van der Waals surface area contributed by atoms with E-state index in [-0.39, 0.29) is 0 Å². The summed E-state index contributed by atoms with van der Waals surface area (Å²) in [4.78, 5) is 2.47. The van der Waals surface area contributed by atoms with Crippen LogP contribution in [0.3, 0.4) is 0 Å². The molecule has 0 amide bonds. The monoisotopic (exact) mass is 245 g/mol. The van der Waals surface area contributed by atoms with Gasteiger partial charge in [-0.1, -0.05) is 13.8 Å². The molecule has 17 heavy (non-hydrogen) atoms. The van der Waals surface area contributed by atoms with Gasteiger partial charge in [-0.05, 0) is 38.9 Å². The van der Waals surface area contributed by atoms with Crippen LogP contribution in [0.1, 0.15) is 33.1 Å². The Labute approximate surface area is 107 Å². The van der Waals surface area contributed by atoms with Crippen molar-refractivity contribution in [1.29, 1.82) is 0 Å². The molecule has 4 heteroatoms. The van der Waals surface area contributed by atoms with Gasteiger partial charge in [-0.3, -0.25) is 0 Å². The van der Waals surface area contributed by atoms with Crippen molar-refractivity contribution in [3.8, 4) is 0 Å². The van der Waals surface area contributed by atoms with Crippen LogP contribution in [0.15, 0.2) is 0 Å². The maximum Gasteiger partial charge on any atom is 0.0615 e. The average molecular weight is 245 g/mol. The fourth-order valence-electron chi connectivity index (χ4n) is 1.98. The molecule has 0 saturated heterocycles. The molecule has 0 rings (SSSR count). The molecule has 0 aliphatic carbocycles. The second-order valence-electron chi connectivity index (χ2n) is 4.47. The molecular formula is C13H31N3O. The number of ether oxygens (including phenoxy) is 1. The van der Waals surface area contributed by atoms with Crippen LogP contribution in [0.2, 0.25) is 0 Å². The molecule has 1 atom stereocenters. The van der Waals surface area contributed by atoms with Crippen molar-refractivity contribution in [3.05, 3.63) is 0 Å². The summed E-state index contributed by atoms with van der Waals surface area (Å²) < 4.78 is 5.22. The highest BCUT2D eigenvalue weighted by atomic mass is 16.5. The van der Waals surface area contributed by atoms with Gasteiger partial charge in [0.2, 0.25) is 0 Å². The molecular weight excluding hydrogens is 214 g/mol. The number of hydrogen-bond donors (Lipinski definition) is 2. The molecule has 1 unspecified atom stereocenters. The normalized spacial score (nSPS) is 13.2. The number of hydrogen-bond acceptors (Lipinski definition) is 4. The molecule has 0 bridgehead atoms. The highest BCUT2D eigenvalue weighted by Crippen LogP contribution is 1.97. The summed E-state index contributed by atoms with van der Waals surface area (Å²) in [5.74, 6) is 0. The molecule has 0 aliphatic rings. The summed E-state index contributed by atoms with van der Waals surface area (Å²) >= 11 is 0. The van der Waals surface area contributed by atoms with E-state index >= 15 is 0 Å². The minimum absolute atomic E-state index is 0.448. The van der Waals surface area contributed by atoms with Crippen LogP contribution in [0.25, 0.3) is 0 Å². The molecule has 0 aromatic heterocycles. The predicted molar refractivity (Wildman–Crippen MR) is 74.4 cm³/mol. The molecule has 3 N–H and O–H groups in total. The zero-order chi connectivity index (χ0) is 12.9. The van der Waals surface area contributed by atoms with Crippen molar-refractivity contribution in [2.75, 3.05) is 46.4 Å². The van der Waals surface area contributed by atoms with E-state index in [1.165, 1.54) is 13.0 Å². The third-order valence-electron chi connectivity index (χ3n) is 2.97. The molecule has 0 aromatic rings. The number of methoxy groups -OCH3 is 1. The van der Waals surface area contributed by atoms with E-state index in [0.29, 0.717) is 6.04 Å². The second-order valence-corrected chi connectivity index (χ2v) is 4.47. The van der Waals surface area contributed by atoms with E-state index in [1.807, 2.05) is 0 Å². The third-order valence-corrected chi connectivity index (χ3v) is 2.97. The highest BCUT2D eigenvalue weighted by molar-refractivity contribution is 4.68. The second kappa shape index (κ2) is 12.3. The number of nitrogens with two attached hydrogens (primary N) is 1. The lowest BCUT2D eigenvalue weighted by Gasteiger charge is -2.22. The van der Waals surface area contributed by atoms with Gasteiger partial charge in [0.05, 0.1) is 6.61 Å². The minimum Gasteiger partial charge on any atom is -0.383 e. The number of likely N-dealkylation sites (N-methyl/N-ethyl adjacent to an activating group) is 1. The SMILES string of the molecule is CCCN(CC)CCNC(CCCN)COC. The maximum atomic E-state index is 5.53. The first-order valence-electron chi connectivity index (χ1n) is 6.93. The van der Waals surface area contributed by atoms with Crippen LogP contribution in [0.4, 0.5) is 0 Å². The van der Waals surface area contributed by atoms with Crippen molar-refractivity contribution in [2.24, 2.45) is 5.73 Å². The van der Waals surface area contributed by atoms with Crippen LogP contribution in [0.5, 0.6) is 0 Å². The minimum atomic E-state index is 0.448. The first-order valence-corrected chi connectivity index (χ1v) is 6.93. The Morgan fingerprint density at radius 1 is 1.29 bits per heavy atom. The molecule has 4 nitrogen and oxygen atoms in total. The Bertz CT molecular complexity index is 156. The Balaban J connectivity index is 3.70. The first-order chi connectivity index (χ1) is 8.28. The third kappa shape index (κ3) is 9.53. The number of rotatable bonds is 12. The van der Waals surface area contributed by atoms with Gasteiger partial charge in [0.1, 0.15) is 0 Å². The Morgan fingerprint density at radius 2 is 2.06 bits per heavy atom. The fourth-order valence-corrected chi connectivity index (χ4v) is 1.98. The summed E-state index contributed by atoms with van der Waals surface area (Å²) in [5, 5.41) is 3.56. The van der Waals surface area contributed by atoms with Crippen molar-refractivity contribution < 1.29 is 4.74 Å². The quantitative estimate of drug-likeness (QED) is 0.540. The zero-order valence-electron chi connectivity index (χ0n) is 11.9. The van der Waals surface area contributed by atoms with Crippen molar-refractivity contribution >= 4 is 0 Å². The van der Waals surface area contributed by atoms with Crippen LogP contribution < -0.4 is 11.1 Å². The van der Waals surface area contributed by atoms with Crippen molar-refractivity contribution in [1.82, 2.24) is 10.2 Å². The molecule has 0 aromatic carbocycles. The van der Waals surface area contributed by atoms with E-state index in [1.54, 1.807) is 7.11 Å². The molecule has 104 valence electrons. The van der Waals surface area contributed by atoms with Crippen LogP contribution >= 0.6 is 0 Å². The predicted octanol–water partition coefficient (Wildman–Crippen LogP) is 1.06. The molecule has 0 aliphatic heterocycles. The maximum absolute atomic E-state index is 5.53. The van der Waals surface area contributed by atoms with E-state index < -0.39 is 0 Å². The Kier molecular flexibility index (Phi) is 12.2. The van der Waals surface area contributed by atoms with Crippen molar-refractivity contribution in [3.63, 3.8) is 0 Å². The van der Waals surface area contributed by atoms with Gasteiger partial charge >= 0.3 is 0 Å². The number of nitrogens with one attached hydrogen (secondary N) is 1. The summed E-state index contributed by atoms with van der Waals surface area (Å²) in [5.41, 5.74) is 5.53. The molecule has 0 radical (unpaired) electrons. The van der Waals surface area contributed by atoms with Gasteiger partial charge in [0.25, 0.3) is 0 Å². The highest BCUT2D eigenvalue weighted by Gasteiger charge is 2.07. The fraction of sp³-hybridized carbons (Fsp3) is 1.00. The summed E-state index contributed by atoms with van der Waals surface area (Å²) in [6.45, 7) is 10.5. The van der Waals surface area contributed by atoms with Gasteiger partial charge in [-0.25, -0.2) is 0 Å². The lowest BCUT2D eigenvalue weighted by atomic mass is 10.1. The van der Waals surface area contributed by atoms with Gasteiger partial charge < -0.3 is 20.7 Å². The van der Waals surface area contributed by atoms with Crippen LogP contribution in [-0.4, -0.2) is 57.4 Å². The Morgan fingerprint density at radius 3 is 2.59 bits per heavy atom. The molecule has 0 heterocycles. The summed E-state index contributed by atoms with van der Waals surface area (Å²) in [6.07, 6.45) is 3.39. The number of nitrogens with zero attached hydrogens (tertiary/aromatic N) is 1. The van der Waals surface area contributed by atoms with Crippen LogP contribution in [0, 0.1) is 0 Å². The smallest absolute Gasteiger partial charge is 0.0615 e. The van der Waals surface area contributed by atoms with E-state index in [9.17, 15) is 0 Å². The van der Waals surface area contributed by atoms with E-state index in [4.69, 9.17) is 10.5 Å². The molecule has 0 saturated carbocycles. The topological polar surface area (TPSA) is 50.5 Å². The molecule has 0 spiro atoms. The van der Waals surface area contributed by atoms with Crippen LogP contribution in [-0.2, 0) is 4.74 Å². The average Bonchev–Trinajstić information content (AvgIpc) is 2.34. The lowest BCUT2D eigenvalue weighted by molar-refractivity contribution is 0.159. The summed E-state index contributed by atoms with van der Waals surface area (Å²) in [7, 11) is 1.76. The molecule has 0 fully saturated rings. The van der Waals surface area contributed by atoms with Gasteiger partial charge in [0.15, 0.2) is 0 Å². The lowest BCUT2D eigenvalue weighted by Crippen LogP contribution is -2.39. The summed E-state index contributed by atoms with van der Waals surface area (Å²) in [6, 6.07) is 0.448. The van der Waals surface area contributed by atoms with E-state index in [2.05, 4.69) is 24.1 Å². The first kappa shape index (κ1) is 16.8. The zero-order valence-corrected chi connectivity index (χ0v) is 11.9. The standard InChI is InChI=1S/C13H31N3O/c1-4-10-16(5-2)11-9-15-13(12-17-3)7-6-8-14/h13,15H,4-12,14H2,1-3H3. The van der Waals surface area contributed by atoms with Gasteiger partial charge in [-0.2, -0.15) is 0 Å².